The first-order valence-corrected chi connectivity index (χ1v) is 13.0. The molecular formula is C27H31ClN2O6. The molecule has 5 atom stereocenters. The van der Waals surface area contributed by atoms with Crippen LogP contribution in [0.4, 0.5) is 5.69 Å². The number of likely N-dealkylation sites (tertiary alicyclic amines) is 1. The van der Waals surface area contributed by atoms with Crippen molar-refractivity contribution < 1.29 is 29.0 Å². The van der Waals surface area contributed by atoms with Crippen LogP contribution in [0.25, 0.3) is 0 Å². The number of cyclic esters (lactones) is 1. The molecule has 0 saturated carbocycles. The van der Waals surface area contributed by atoms with Gasteiger partial charge in [0.15, 0.2) is 0 Å². The summed E-state index contributed by atoms with van der Waals surface area (Å²) in [5.74, 6) is -3.13. The predicted molar refractivity (Wildman–Crippen MR) is 133 cm³/mol. The number of ether oxygens (including phenoxy) is 2. The van der Waals surface area contributed by atoms with Crippen LogP contribution in [-0.4, -0.2) is 71.3 Å². The van der Waals surface area contributed by atoms with E-state index in [1.807, 2.05) is 19.1 Å². The number of amides is 2. The fourth-order valence-corrected chi connectivity index (χ4v) is 6.51. The number of halogens is 1. The summed E-state index contributed by atoms with van der Waals surface area (Å²) in [6, 6.07) is 5.96. The Bertz CT molecular complexity index is 1120. The molecule has 0 bridgehead atoms. The minimum Gasteiger partial charge on any atom is -0.465 e. The second-order valence-corrected chi connectivity index (χ2v) is 10.2. The number of carbonyl (C=O) groups is 3. The Morgan fingerprint density at radius 3 is 2.64 bits per heavy atom. The molecule has 36 heavy (non-hydrogen) atoms. The molecule has 2 fully saturated rings. The van der Waals surface area contributed by atoms with Crippen LogP contribution in [0, 0.1) is 11.8 Å². The Balaban J connectivity index is 1.67. The molecule has 4 aliphatic rings. The Morgan fingerprint density at radius 2 is 1.89 bits per heavy atom. The van der Waals surface area contributed by atoms with Gasteiger partial charge < -0.3 is 24.4 Å². The average Bonchev–Trinajstić information content (AvgIpc) is 3.22. The van der Waals surface area contributed by atoms with Crippen LogP contribution < -0.4 is 4.90 Å². The predicted octanol–water partition coefficient (Wildman–Crippen LogP) is 2.88. The number of para-hydroxylation sites is 1. The first-order chi connectivity index (χ1) is 17.4. The van der Waals surface area contributed by atoms with E-state index < -0.39 is 41.0 Å². The van der Waals surface area contributed by atoms with Crippen molar-refractivity contribution in [1.82, 2.24) is 4.90 Å². The van der Waals surface area contributed by atoms with E-state index in [1.54, 1.807) is 36.4 Å². The number of hydrogen-bond donors (Lipinski definition) is 1. The van der Waals surface area contributed by atoms with E-state index in [0.717, 1.165) is 19.3 Å². The van der Waals surface area contributed by atoms with Gasteiger partial charge in [0.05, 0.1) is 29.8 Å². The second kappa shape index (κ2) is 9.65. The van der Waals surface area contributed by atoms with Crippen LogP contribution in [0.2, 0.25) is 5.02 Å². The highest BCUT2D eigenvalue weighted by Gasteiger charge is 2.75. The Hall–Kier alpha value is -2.68. The van der Waals surface area contributed by atoms with Gasteiger partial charge in [0, 0.05) is 13.1 Å². The minimum absolute atomic E-state index is 0.0578. The minimum atomic E-state index is -1.39. The maximum absolute atomic E-state index is 14.2. The molecule has 192 valence electrons. The highest BCUT2D eigenvalue weighted by molar-refractivity contribution is 6.34. The van der Waals surface area contributed by atoms with Crippen molar-refractivity contribution in [3.8, 4) is 0 Å². The number of aliphatic hydroxyl groups excluding tert-OH is 1. The Kier molecular flexibility index (Phi) is 6.70. The van der Waals surface area contributed by atoms with E-state index in [9.17, 15) is 19.5 Å². The number of nitrogens with zero attached hydrogens (tertiary/aromatic N) is 2. The summed E-state index contributed by atoms with van der Waals surface area (Å²) in [4.78, 5) is 44.6. The van der Waals surface area contributed by atoms with Gasteiger partial charge in [0.1, 0.15) is 23.2 Å². The lowest BCUT2D eigenvalue weighted by Crippen LogP contribution is -2.56. The monoisotopic (exact) mass is 514 g/mol. The number of benzene rings is 1. The van der Waals surface area contributed by atoms with Crippen molar-refractivity contribution >= 4 is 35.1 Å². The van der Waals surface area contributed by atoms with Gasteiger partial charge in [-0.25, -0.2) is 0 Å². The van der Waals surface area contributed by atoms with Crippen LogP contribution >= 0.6 is 11.6 Å². The molecule has 9 heteroatoms. The number of fused-ring (bicyclic) bond motifs is 2. The topological polar surface area (TPSA) is 96.4 Å². The molecule has 0 aliphatic carbocycles. The molecule has 8 nitrogen and oxygen atoms in total. The SMILES string of the molecule is CC[C@]12/C=C\CCCCOC(=O)[C@H]1[C@H]1C(=O)N(CCO)C3C(=O)N(c4ccccc4Cl)CC=C[C@@]31O2. The lowest BCUT2D eigenvalue weighted by Gasteiger charge is -2.38. The summed E-state index contributed by atoms with van der Waals surface area (Å²) in [6.45, 7) is 2.02. The van der Waals surface area contributed by atoms with E-state index >= 15 is 0 Å². The summed E-state index contributed by atoms with van der Waals surface area (Å²) in [6.07, 6.45) is 10.3. The highest BCUT2D eigenvalue weighted by atomic mass is 35.5. The first kappa shape index (κ1) is 25.0. The Morgan fingerprint density at radius 1 is 1.08 bits per heavy atom. The molecule has 4 heterocycles. The number of hydrogen-bond acceptors (Lipinski definition) is 6. The number of anilines is 1. The molecule has 2 saturated heterocycles. The molecule has 1 aromatic rings. The molecule has 1 spiro atoms. The number of allylic oxidation sites excluding steroid dienone is 1. The third-order valence-electron chi connectivity index (χ3n) is 7.87. The third-order valence-corrected chi connectivity index (χ3v) is 8.19. The van der Waals surface area contributed by atoms with Crippen molar-refractivity contribution in [2.75, 3.05) is 31.2 Å². The van der Waals surface area contributed by atoms with Gasteiger partial charge in [-0.15, -0.1) is 0 Å². The van der Waals surface area contributed by atoms with Crippen LogP contribution in [0.5, 0.6) is 0 Å². The molecule has 2 amide bonds. The van der Waals surface area contributed by atoms with Gasteiger partial charge in [0.2, 0.25) is 5.91 Å². The van der Waals surface area contributed by atoms with Crippen LogP contribution in [0.15, 0.2) is 48.6 Å². The van der Waals surface area contributed by atoms with Crippen LogP contribution in [0.3, 0.4) is 0 Å². The normalized spacial score (nSPS) is 35.1. The summed E-state index contributed by atoms with van der Waals surface area (Å²) in [7, 11) is 0. The van der Waals surface area contributed by atoms with Crippen LogP contribution in [0.1, 0.15) is 32.6 Å². The summed E-state index contributed by atoms with van der Waals surface area (Å²) < 4.78 is 12.5. The number of aliphatic hydroxyl groups is 1. The van der Waals surface area contributed by atoms with Gasteiger partial charge >= 0.3 is 5.97 Å². The van der Waals surface area contributed by atoms with Crippen LogP contribution in [-0.2, 0) is 23.9 Å². The van der Waals surface area contributed by atoms with Crippen molar-refractivity contribution in [1.29, 1.82) is 0 Å². The zero-order valence-electron chi connectivity index (χ0n) is 20.3. The van der Waals surface area contributed by atoms with E-state index in [1.165, 1.54) is 9.80 Å². The quantitative estimate of drug-likeness (QED) is 0.490. The van der Waals surface area contributed by atoms with Crippen molar-refractivity contribution in [3.05, 3.63) is 53.6 Å². The van der Waals surface area contributed by atoms with Crippen molar-refractivity contribution in [2.24, 2.45) is 11.8 Å². The fraction of sp³-hybridized carbons (Fsp3) is 0.519. The standard InChI is InChI=1S/C27H31ClN2O6/c1-2-26-12-7-3-4-8-17-35-25(34)21(26)20-23(32)30(15-16-31)22-24(33)29(14-9-13-27(20,22)36-26)19-11-6-5-10-18(19)28/h5-7,9-13,20-22,31H,2-4,8,14-17H2,1H3/b12-7-/t20-,21+,22?,26-,27-/m0/s1. The maximum atomic E-state index is 14.2. The maximum Gasteiger partial charge on any atom is 0.313 e. The van der Waals surface area contributed by atoms with Gasteiger partial charge in [-0.05, 0) is 37.8 Å². The van der Waals surface area contributed by atoms with E-state index in [0.29, 0.717) is 17.1 Å². The molecule has 5 rings (SSSR count). The summed E-state index contributed by atoms with van der Waals surface area (Å²) in [5, 5.41) is 10.2. The number of rotatable bonds is 4. The number of esters is 1. The summed E-state index contributed by atoms with van der Waals surface area (Å²) >= 11 is 6.45. The van der Waals surface area contributed by atoms with Crippen molar-refractivity contribution in [2.45, 2.75) is 49.9 Å². The van der Waals surface area contributed by atoms with E-state index in [2.05, 4.69) is 0 Å². The largest absolute Gasteiger partial charge is 0.465 e. The van der Waals surface area contributed by atoms with Gasteiger partial charge in [0.25, 0.3) is 5.91 Å². The van der Waals surface area contributed by atoms with Gasteiger partial charge in [-0.1, -0.05) is 55.0 Å². The lowest BCUT2D eigenvalue weighted by molar-refractivity contribution is -0.160. The highest BCUT2D eigenvalue weighted by Crippen LogP contribution is 2.58. The van der Waals surface area contributed by atoms with E-state index in [4.69, 9.17) is 21.1 Å². The fourth-order valence-electron chi connectivity index (χ4n) is 6.27. The van der Waals surface area contributed by atoms with Crippen molar-refractivity contribution in [3.63, 3.8) is 0 Å². The second-order valence-electron chi connectivity index (χ2n) is 9.75. The first-order valence-electron chi connectivity index (χ1n) is 12.6. The molecule has 1 aromatic carbocycles. The van der Waals surface area contributed by atoms with E-state index in [-0.39, 0.29) is 32.2 Å². The molecule has 1 N–H and O–H groups in total. The zero-order chi connectivity index (χ0) is 25.5. The molecule has 0 aromatic heterocycles. The Labute approximate surface area is 215 Å². The zero-order valence-corrected chi connectivity index (χ0v) is 21.0. The average molecular weight is 515 g/mol. The third kappa shape index (κ3) is 3.69. The lowest BCUT2D eigenvalue weighted by atomic mass is 9.73. The number of β-amino-alcohol motifs (C(OH)–C–C–N with tert-alkyl or cyclic N) is 1. The van der Waals surface area contributed by atoms with Gasteiger partial charge in [-0.3, -0.25) is 14.4 Å². The molecular weight excluding hydrogens is 484 g/mol. The molecule has 4 aliphatic heterocycles. The molecule has 1 unspecified atom stereocenters. The summed E-state index contributed by atoms with van der Waals surface area (Å²) in [5.41, 5.74) is -1.97. The number of carbonyl (C=O) groups excluding carboxylic acids is 3. The smallest absolute Gasteiger partial charge is 0.313 e. The van der Waals surface area contributed by atoms with Gasteiger partial charge in [-0.2, -0.15) is 0 Å². The molecule has 0 radical (unpaired) electrons.